The van der Waals surface area contributed by atoms with E-state index in [0.29, 0.717) is 5.25 Å². The molecule has 0 amide bonds. The van der Waals surface area contributed by atoms with Gasteiger partial charge in [-0.3, -0.25) is 0 Å². The van der Waals surface area contributed by atoms with Crippen LogP contribution in [0, 0.1) is 5.82 Å². The summed E-state index contributed by atoms with van der Waals surface area (Å²) in [4.78, 5) is 0.817. The maximum atomic E-state index is 14.0. The van der Waals surface area contributed by atoms with Crippen molar-refractivity contribution in [1.29, 1.82) is 0 Å². The third-order valence-corrected chi connectivity index (χ3v) is 5.15. The maximum absolute atomic E-state index is 14.0. The zero-order valence-corrected chi connectivity index (χ0v) is 10.9. The summed E-state index contributed by atoms with van der Waals surface area (Å²) >= 11 is 1.69. The SMILES string of the molecule is CC1(c2ccc(SC3CC3)c(F)c2)CCCN1. The van der Waals surface area contributed by atoms with Crippen molar-refractivity contribution in [2.45, 2.75) is 48.3 Å². The molecule has 0 radical (unpaired) electrons. The van der Waals surface area contributed by atoms with Gasteiger partial charge in [0.25, 0.3) is 0 Å². The molecule has 1 nitrogen and oxygen atoms in total. The first-order valence-corrected chi connectivity index (χ1v) is 7.27. The highest BCUT2D eigenvalue weighted by molar-refractivity contribution is 8.00. The molecule has 0 bridgehead atoms. The predicted molar refractivity (Wildman–Crippen MR) is 69.9 cm³/mol. The lowest BCUT2D eigenvalue weighted by Gasteiger charge is -2.25. The van der Waals surface area contributed by atoms with Crippen LogP contribution >= 0.6 is 11.8 Å². The number of rotatable bonds is 3. The Hall–Kier alpha value is -0.540. The lowest BCUT2D eigenvalue weighted by atomic mass is 9.90. The highest BCUT2D eigenvalue weighted by Gasteiger charge is 2.31. The molecule has 2 fully saturated rings. The zero-order chi connectivity index (χ0) is 11.9. The molecule has 1 aromatic carbocycles. The second-order valence-corrected chi connectivity index (χ2v) is 6.67. The highest BCUT2D eigenvalue weighted by Crippen LogP contribution is 2.41. The standard InChI is InChI=1S/C14H18FNS/c1-14(7-2-8-16-14)10-3-6-13(12(15)9-10)17-11-4-5-11/h3,6,9,11,16H,2,4-5,7-8H2,1H3. The first-order chi connectivity index (χ1) is 8.17. The third kappa shape index (κ3) is 2.36. The normalized spacial score (nSPS) is 28.6. The molecule has 1 heterocycles. The fourth-order valence-electron chi connectivity index (χ4n) is 2.45. The summed E-state index contributed by atoms with van der Waals surface area (Å²) in [5.74, 6) is -0.0469. The largest absolute Gasteiger partial charge is 0.308 e. The van der Waals surface area contributed by atoms with Crippen LogP contribution in [0.25, 0.3) is 0 Å². The minimum atomic E-state index is -0.0469. The molecule has 2 aliphatic rings. The predicted octanol–water partition coefficient (Wildman–Crippen LogP) is 3.68. The third-order valence-electron chi connectivity index (χ3n) is 3.76. The molecule has 0 aromatic heterocycles. The number of hydrogen-bond acceptors (Lipinski definition) is 2. The van der Waals surface area contributed by atoms with Crippen LogP contribution < -0.4 is 5.32 Å². The van der Waals surface area contributed by atoms with Crippen LogP contribution in [0.2, 0.25) is 0 Å². The monoisotopic (exact) mass is 251 g/mol. The summed E-state index contributed by atoms with van der Waals surface area (Å²) in [7, 11) is 0. The van der Waals surface area contributed by atoms with E-state index in [1.807, 2.05) is 6.07 Å². The van der Waals surface area contributed by atoms with Gasteiger partial charge in [0.1, 0.15) is 5.82 Å². The van der Waals surface area contributed by atoms with Gasteiger partial charge in [-0.05, 0) is 56.8 Å². The number of halogens is 1. The van der Waals surface area contributed by atoms with Crippen LogP contribution in [0.5, 0.6) is 0 Å². The van der Waals surface area contributed by atoms with Crippen molar-refractivity contribution >= 4 is 11.8 Å². The molecular weight excluding hydrogens is 233 g/mol. The fraction of sp³-hybridized carbons (Fsp3) is 0.571. The van der Waals surface area contributed by atoms with Gasteiger partial charge < -0.3 is 5.32 Å². The Bertz CT molecular complexity index is 422. The van der Waals surface area contributed by atoms with Crippen molar-refractivity contribution in [2.75, 3.05) is 6.54 Å². The maximum Gasteiger partial charge on any atom is 0.137 e. The average Bonchev–Trinajstić information content (AvgIpc) is 3.02. The van der Waals surface area contributed by atoms with Crippen LogP contribution in [0.4, 0.5) is 4.39 Å². The van der Waals surface area contributed by atoms with Crippen molar-refractivity contribution < 1.29 is 4.39 Å². The number of hydrogen-bond donors (Lipinski definition) is 1. The van der Waals surface area contributed by atoms with E-state index in [-0.39, 0.29) is 11.4 Å². The van der Waals surface area contributed by atoms with Gasteiger partial charge >= 0.3 is 0 Å². The summed E-state index contributed by atoms with van der Waals surface area (Å²) in [6.07, 6.45) is 4.76. The van der Waals surface area contributed by atoms with E-state index in [2.05, 4.69) is 18.3 Å². The summed E-state index contributed by atoms with van der Waals surface area (Å²) in [5.41, 5.74) is 1.07. The van der Waals surface area contributed by atoms with E-state index in [1.165, 1.54) is 19.3 Å². The van der Waals surface area contributed by atoms with Crippen molar-refractivity contribution in [3.63, 3.8) is 0 Å². The summed E-state index contributed by atoms with van der Waals surface area (Å²) < 4.78 is 14.0. The van der Waals surface area contributed by atoms with Gasteiger partial charge in [-0.25, -0.2) is 4.39 Å². The second-order valence-electron chi connectivity index (χ2n) is 5.32. The smallest absolute Gasteiger partial charge is 0.137 e. The Kier molecular flexibility index (Phi) is 2.91. The van der Waals surface area contributed by atoms with Crippen LogP contribution in [0.15, 0.2) is 23.1 Å². The fourth-order valence-corrected chi connectivity index (χ4v) is 3.50. The molecule has 3 heteroatoms. The van der Waals surface area contributed by atoms with Crippen molar-refractivity contribution in [1.82, 2.24) is 5.32 Å². The number of nitrogens with one attached hydrogen (secondary N) is 1. The van der Waals surface area contributed by atoms with Crippen LogP contribution in [-0.4, -0.2) is 11.8 Å². The molecule has 1 aromatic rings. The molecule has 1 N–H and O–H groups in total. The van der Waals surface area contributed by atoms with Crippen LogP contribution in [0.3, 0.4) is 0 Å². The molecule has 1 saturated carbocycles. The van der Waals surface area contributed by atoms with Gasteiger partial charge in [-0.2, -0.15) is 0 Å². The average molecular weight is 251 g/mol. The van der Waals surface area contributed by atoms with Crippen molar-refractivity contribution in [3.05, 3.63) is 29.6 Å². The van der Waals surface area contributed by atoms with Gasteiger partial charge in [0.2, 0.25) is 0 Å². The Labute approximate surface area is 106 Å². The lowest BCUT2D eigenvalue weighted by molar-refractivity contribution is 0.430. The Morgan fingerprint density at radius 1 is 1.41 bits per heavy atom. The number of benzene rings is 1. The highest BCUT2D eigenvalue weighted by atomic mass is 32.2. The first kappa shape index (κ1) is 11.5. The van der Waals surface area contributed by atoms with Crippen LogP contribution in [0.1, 0.15) is 38.2 Å². The van der Waals surface area contributed by atoms with Gasteiger partial charge in [0.15, 0.2) is 0 Å². The molecule has 92 valence electrons. The van der Waals surface area contributed by atoms with Gasteiger partial charge in [0, 0.05) is 15.7 Å². The van der Waals surface area contributed by atoms with Crippen LogP contribution in [-0.2, 0) is 5.54 Å². The van der Waals surface area contributed by atoms with E-state index >= 15 is 0 Å². The number of thioether (sulfide) groups is 1. The minimum absolute atomic E-state index is 0.0242. The van der Waals surface area contributed by atoms with Gasteiger partial charge in [-0.15, -0.1) is 11.8 Å². The minimum Gasteiger partial charge on any atom is -0.308 e. The van der Waals surface area contributed by atoms with Gasteiger partial charge in [-0.1, -0.05) is 6.07 Å². The molecule has 1 saturated heterocycles. The molecule has 1 aliphatic heterocycles. The molecule has 0 spiro atoms. The summed E-state index contributed by atoms with van der Waals surface area (Å²) in [6, 6.07) is 5.77. The molecule has 3 rings (SSSR count). The summed E-state index contributed by atoms with van der Waals surface area (Å²) in [5, 5.41) is 4.14. The molecule has 17 heavy (non-hydrogen) atoms. The van der Waals surface area contributed by atoms with Gasteiger partial charge in [0.05, 0.1) is 0 Å². The first-order valence-electron chi connectivity index (χ1n) is 6.39. The van der Waals surface area contributed by atoms with E-state index in [1.54, 1.807) is 17.8 Å². The Morgan fingerprint density at radius 2 is 2.24 bits per heavy atom. The summed E-state index contributed by atoms with van der Waals surface area (Å²) in [6.45, 7) is 3.21. The zero-order valence-electron chi connectivity index (χ0n) is 10.1. The van der Waals surface area contributed by atoms with E-state index in [9.17, 15) is 4.39 Å². The lowest BCUT2D eigenvalue weighted by Crippen LogP contribution is -2.33. The second kappa shape index (κ2) is 4.29. The Morgan fingerprint density at radius 3 is 2.82 bits per heavy atom. The van der Waals surface area contributed by atoms with E-state index < -0.39 is 0 Å². The quantitative estimate of drug-likeness (QED) is 0.879. The van der Waals surface area contributed by atoms with Crippen molar-refractivity contribution in [2.24, 2.45) is 0 Å². The Balaban J connectivity index is 1.84. The molecule has 1 aliphatic carbocycles. The van der Waals surface area contributed by atoms with E-state index in [4.69, 9.17) is 0 Å². The van der Waals surface area contributed by atoms with Crippen molar-refractivity contribution in [3.8, 4) is 0 Å². The molecular formula is C14H18FNS. The molecule has 1 atom stereocenters. The molecule has 1 unspecified atom stereocenters. The topological polar surface area (TPSA) is 12.0 Å². The van der Waals surface area contributed by atoms with E-state index in [0.717, 1.165) is 23.4 Å².